The van der Waals surface area contributed by atoms with E-state index in [4.69, 9.17) is 4.42 Å². The molecule has 1 aromatic heterocycles. The first-order valence-corrected chi connectivity index (χ1v) is 22.5. The predicted octanol–water partition coefficient (Wildman–Crippen LogP) is 18.3. The van der Waals surface area contributed by atoms with E-state index in [-0.39, 0.29) is 0 Å². The van der Waals surface area contributed by atoms with Gasteiger partial charge in [0.1, 0.15) is 11.2 Å². The Kier molecular flexibility index (Phi) is 7.75. The van der Waals surface area contributed by atoms with Crippen LogP contribution >= 0.6 is 0 Å². The van der Waals surface area contributed by atoms with Gasteiger partial charge in [-0.25, -0.2) is 0 Å². The molecule has 0 fully saturated rings. The van der Waals surface area contributed by atoms with Crippen molar-refractivity contribution in [3.8, 4) is 44.5 Å². The second-order valence-electron chi connectivity index (χ2n) is 17.5. The van der Waals surface area contributed by atoms with E-state index in [1.165, 1.54) is 125 Å². The number of furan rings is 1. The molecule has 0 saturated carbocycles. The summed E-state index contributed by atoms with van der Waals surface area (Å²) in [5.74, 6) is 0. The lowest BCUT2D eigenvalue weighted by Gasteiger charge is -2.20. The highest BCUT2D eigenvalue weighted by Crippen LogP contribution is 2.48. The molecule has 14 rings (SSSR count). The first kappa shape index (κ1) is 36.0. The van der Waals surface area contributed by atoms with E-state index in [1.54, 1.807) is 0 Å². The Hall–Kier alpha value is -8.52. The zero-order chi connectivity index (χ0) is 42.6. The van der Waals surface area contributed by atoms with Crippen LogP contribution in [0.15, 0.2) is 235 Å². The fourth-order valence-electron chi connectivity index (χ4n) is 11.0. The van der Waals surface area contributed by atoms with Crippen LogP contribution in [0.2, 0.25) is 0 Å². The van der Waals surface area contributed by atoms with Crippen molar-refractivity contribution in [2.75, 3.05) is 0 Å². The third-order valence-electron chi connectivity index (χ3n) is 13.9. The number of rotatable bonds is 4. The van der Waals surface area contributed by atoms with E-state index in [1.807, 2.05) is 0 Å². The molecule has 0 spiro atoms. The summed E-state index contributed by atoms with van der Waals surface area (Å²) in [5, 5.41) is 19.6. The molecule has 300 valence electrons. The summed E-state index contributed by atoms with van der Waals surface area (Å²) < 4.78 is 6.65. The van der Waals surface area contributed by atoms with Gasteiger partial charge in [0.05, 0.1) is 0 Å². The molecule has 14 aromatic rings. The van der Waals surface area contributed by atoms with Crippen molar-refractivity contribution in [3.63, 3.8) is 0 Å². The molecule has 0 aliphatic carbocycles. The molecular weight excluding hydrogens is 785 g/mol. The highest BCUT2D eigenvalue weighted by molar-refractivity contribution is 6.31. The molecule has 0 atom stereocenters. The highest BCUT2D eigenvalue weighted by Gasteiger charge is 2.20. The van der Waals surface area contributed by atoms with Gasteiger partial charge in [0, 0.05) is 10.8 Å². The Morgan fingerprint density at radius 2 is 0.692 bits per heavy atom. The Morgan fingerprint density at radius 1 is 0.200 bits per heavy atom. The summed E-state index contributed by atoms with van der Waals surface area (Å²) in [6.07, 6.45) is 0. The van der Waals surface area contributed by atoms with E-state index in [2.05, 4.69) is 231 Å². The zero-order valence-corrected chi connectivity index (χ0v) is 35.3. The molecule has 0 saturated heterocycles. The van der Waals surface area contributed by atoms with E-state index in [0.717, 1.165) is 16.6 Å². The number of hydrogen-bond acceptors (Lipinski definition) is 1. The molecule has 0 aliphatic heterocycles. The molecule has 13 aromatic carbocycles. The number of fused-ring (bicyclic) bond motifs is 14. The number of benzene rings is 13. The average molecular weight is 823 g/mol. The minimum Gasteiger partial charge on any atom is -0.456 e. The second kappa shape index (κ2) is 14.0. The van der Waals surface area contributed by atoms with Gasteiger partial charge in [-0.15, -0.1) is 0 Å². The molecular formula is C64H38O. The predicted molar refractivity (Wildman–Crippen MR) is 278 cm³/mol. The molecule has 1 heterocycles. The van der Waals surface area contributed by atoms with Crippen LogP contribution in [0.25, 0.3) is 142 Å². The lowest BCUT2D eigenvalue weighted by Crippen LogP contribution is -1.93. The van der Waals surface area contributed by atoms with Crippen molar-refractivity contribution < 1.29 is 4.42 Å². The second-order valence-corrected chi connectivity index (χ2v) is 17.5. The topological polar surface area (TPSA) is 13.1 Å². The molecule has 0 unspecified atom stereocenters. The fraction of sp³-hybridized carbons (Fsp3) is 0. The lowest BCUT2D eigenvalue weighted by atomic mass is 9.83. The van der Waals surface area contributed by atoms with Gasteiger partial charge in [0.2, 0.25) is 0 Å². The molecule has 0 N–H and O–H groups in total. The van der Waals surface area contributed by atoms with Gasteiger partial charge in [-0.3, -0.25) is 0 Å². The maximum atomic E-state index is 6.65. The highest BCUT2D eigenvalue weighted by atomic mass is 16.3. The van der Waals surface area contributed by atoms with E-state index < -0.39 is 0 Å². The Bertz CT molecular complexity index is 4230. The largest absolute Gasteiger partial charge is 0.456 e. The molecule has 0 aliphatic rings. The van der Waals surface area contributed by atoms with Crippen molar-refractivity contribution in [2.45, 2.75) is 0 Å². The quantitative estimate of drug-likeness (QED) is 0.127. The van der Waals surface area contributed by atoms with E-state index in [0.29, 0.717) is 0 Å². The smallest absolute Gasteiger partial charge is 0.136 e. The third-order valence-corrected chi connectivity index (χ3v) is 13.9. The number of hydrogen-bond donors (Lipinski definition) is 0. The van der Waals surface area contributed by atoms with Gasteiger partial charge in [0.15, 0.2) is 0 Å². The molecule has 0 amide bonds. The Balaban J connectivity index is 1.02. The van der Waals surface area contributed by atoms with Crippen molar-refractivity contribution in [1.82, 2.24) is 0 Å². The van der Waals surface area contributed by atoms with Gasteiger partial charge < -0.3 is 4.42 Å². The van der Waals surface area contributed by atoms with Gasteiger partial charge >= 0.3 is 0 Å². The van der Waals surface area contributed by atoms with Crippen molar-refractivity contribution >= 4 is 97.3 Å². The van der Waals surface area contributed by atoms with Gasteiger partial charge in [-0.05, 0) is 168 Å². The van der Waals surface area contributed by atoms with Crippen LogP contribution in [0.3, 0.4) is 0 Å². The lowest BCUT2D eigenvalue weighted by molar-refractivity contribution is 0.670. The van der Waals surface area contributed by atoms with Crippen LogP contribution in [0.5, 0.6) is 0 Å². The first-order valence-electron chi connectivity index (χ1n) is 22.5. The summed E-state index contributed by atoms with van der Waals surface area (Å²) in [5.41, 5.74) is 11.5. The summed E-state index contributed by atoms with van der Waals surface area (Å²) in [6, 6.07) is 85.0. The fourth-order valence-corrected chi connectivity index (χ4v) is 11.0. The summed E-state index contributed by atoms with van der Waals surface area (Å²) in [7, 11) is 0. The van der Waals surface area contributed by atoms with Gasteiger partial charge in [0.25, 0.3) is 0 Å². The zero-order valence-electron chi connectivity index (χ0n) is 35.3. The minimum absolute atomic E-state index is 0.914. The summed E-state index contributed by atoms with van der Waals surface area (Å²) in [4.78, 5) is 0. The average Bonchev–Trinajstić information content (AvgIpc) is 3.75. The van der Waals surface area contributed by atoms with Crippen LogP contribution in [0.4, 0.5) is 0 Å². The maximum absolute atomic E-state index is 6.65. The third kappa shape index (κ3) is 5.52. The normalized spacial score (nSPS) is 12.0. The monoisotopic (exact) mass is 822 g/mol. The van der Waals surface area contributed by atoms with E-state index >= 15 is 0 Å². The van der Waals surface area contributed by atoms with Crippen LogP contribution < -0.4 is 0 Å². The van der Waals surface area contributed by atoms with Crippen LogP contribution in [-0.2, 0) is 0 Å². The van der Waals surface area contributed by atoms with Crippen molar-refractivity contribution in [2.24, 2.45) is 0 Å². The summed E-state index contributed by atoms with van der Waals surface area (Å²) in [6.45, 7) is 0. The summed E-state index contributed by atoms with van der Waals surface area (Å²) >= 11 is 0. The first-order chi connectivity index (χ1) is 32.2. The van der Waals surface area contributed by atoms with E-state index in [9.17, 15) is 0 Å². The molecule has 0 bridgehead atoms. The minimum atomic E-state index is 0.914. The van der Waals surface area contributed by atoms with Crippen molar-refractivity contribution in [3.05, 3.63) is 231 Å². The molecule has 1 heteroatoms. The Labute approximate surface area is 375 Å². The molecule has 65 heavy (non-hydrogen) atoms. The SMILES string of the molecule is c1ccc(-c2cc(-c3ccc4ccccc4c3)cc(-c3c4ccccc4c(-c4ccc5c(c4)c4ccccc4c4cc6c(cc54)oc4ccc5ccccc5c46)c4ccccc34)c2)cc1. The maximum Gasteiger partial charge on any atom is 0.136 e. The standard InChI is InChI=1S/C64H38O/c1-2-14-39(15-3-1)45-33-46(43-27-26-40-16-4-5-18-42(40)32-43)35-47(34-45)63-54-24-12-10-22-52(54)62(53-23-11-13-25-55(53)63)44-28-30-51-56(36-44)49-20-8-9-21-50(49)57-37-59-61(38-58(51)57)65-60-31-29-41-17-6-7-19-48(41)64(59)60/h1-38H. The van der Waals surface area contributed by atoms with Crippen LogP contribution in [0.1, 0.15) is 0 Å². The van der Waals surface area contributed by atoms with Gasteiger partial charge in [-0.1, -0.05) is 182 Å². The van der Waals surface area contributed by atoms with Crippen molar-refractivity contribution in [1.29, 1.82) is 0 Å². The van der Waals surface area contributed by atoms with Gasteiger partial charge in [-0.2, -0.15) is 0 Å². The van der Waals surface area contributed by atoms with Crippen LogP contribution in [-0.4, -0.2) is 0 Å². The van der Waals surface area contributed by atoms with Crippen LogP contribution in [0, 0.1) is 0 Å². The Morgan fingerprint density at radius 3 is 1.40 bits per heavy atom. The molecule has 0 radical (unpaired) electrons. The molecule has 1 nitrogen and oxygen atoms in total.